The quantitative estimate of drug-likeness (QED) is 0.415. The number of hydrogen-bond acceptors (Lipinski definition) is 7. The van der Waals surface area contributed by atoms with Crippen molar-refractivity contribution in [1.82, 2.24) is 19.0 Å². The first-order chi connectivity index (χ1) is 17.5. The van der Waals surface area contributed by atoms with Crippen LogP contribution in [0.15, 0.2) is 47.4 Å². The Labute approximate surface area is 210 Å². The highest BCUT2D eigenvalue weighted by Gasteiger charge is 2.31. The Hall–Kier alpha value is -4.00. The topological polar surface area (TPSA) is 111 Å². The highest BCUT2D eigenvalue weighted by atomic mass is 19.4. The van der Waals surface area contributed by atoms with Crippen molar-refractivity contribution in [3.63, 3.8) is 0 Å². The fourth-order valence-corrected chi connectivity index (χ4v) is 3.62. The van der Waals surface area contributed by atoms with Crippen LogP contribution in [0.4, 0.5) is 23.8 Å². The van der Waals surface area contributed by atoms with E-state index in [4.69, 9.17) is 4.74 Å². The number of halogens is 3. The number of nitrogens with one attached hydrogen (secondary N) is 1. The molecule has 3 aromatic rings. The lowest BCUT2D eigenvalue weighted by atomic mass is 10.2. The number of alkyl halides is 3. The lowest BCUT2D eigenvalue weighted by Crippen LogP contribution is -2.28. The summed E-state index contributed by atoms with van der Waals surface area (Å²) in [4.78, 5) is 31.4. The molecule has 0 aliphatic rings. The van der Waals surface area contributed by atoms with Crippen molar-refractivity contribution < 1.29 is 32.5 Å². The molecular weight excluding hydrogens is 495 g/mol. The van der Waals surface area contributed by atoms with Gasteiger partial charge in [-0.2, -0.15) is 0 Å². The molecule has 3 rings (SSSR count). The highest BCUT2D eigenvalue weighted by Crippen LogP contribution is 2.26. The molecule has 37 heavy (non-hydrogen) atoms. The second-order valence-electron chi connectivity index (χ2n) is 7.99. The molecule has 0 unspecified atom stereocenters. The molecule has 1 amide bonds. The van der Waals surface area contributed by atoms with Gasteiger partial charge < -0.3 is 19.5 Å². The first-order valence-corrected chi connectivity index (χ1v) is 11.5. The average Bonchev–Trinajstić information content (AvgIpc) is 3.05. The zero-order valence-corrected chi connectivity index (χ0v) is 20.6. The fourth-order valence-electron chi connectivity index (χ4n) is 3.62. The number of anilines is 1. The van der Waals surface area contributed by atoms with Crippen molar-refractivity contribution in [3.8, 4) is 17.3 Å². The van der Waals surface area contributed by atoms with Gasteiger partial charge in [0.05, 0.1) is 17.9 Å². The molecule has 13 heteroatoms. The maximum absolute atomic E-state index is 13.1. The van der Waals surface area contributed by atoms with Gasteiger partial charge in [0.1, 0.15) is 18.2 Å². The van der Waals surface area contributed by atoms with Crippen molar-refractivity contribution >= 4 is 11.9 Å². The van der Waals surface area contributed by atoms with Crippen molar-refractivity contribution in [2.45, 2.75) is 33.7 Å². The van der Waals surface area contributed by atoms with Gasteiger partial charge in [-0.25, -0.2) is 19.1 Å². The zero-order chi connectivity index (χ0) is 27.2. The third-order valence-corrected chi connectivity index (χ3v) is 5.62. The van der Waals surface area contributed by atoms with Crippen LogP contribution >= 0.6 is 0 Å². The van der Waals surface area contributed by atoms with Crippen LogP contribution in [0.2, 0.25) is 0 Å². The minimum Gasteiger partial charge on any atom is -0.493 e. The summed E-state index contributed by atoms with van der Waals surface area (Å²) >= 11 is 0. The second-order valence-corrected chi connectivity index (χ2v) is 7.99. The summed E-state index contributed by atoms with van der Waals surface area (Å²) in [5.41, 5.74) is 0.387. The van der Waals surface area contributed by atoms with E-state index in [9.17, 15) is 27.9 Å². The lowest BCUT2D eigenvalue weighted by molar-refractivity contribution is -0.274. The summed E-state index contributed by atoms with van der Waals surface area (Å²) in [5.74, 6) is -0.595. The minimum absolute atomic E-state index is 0.0364. The zero-order valence-electron chi connectivity index (χ0n) is 20.6. The standard InChI is InChI=1S/C24H28F3N5O5/c1-4-30(5-2)12-13-36-22(34)29-20-14-17(10-11-28-20)15-31-16(3)21(33)32(23(31)35)18-6-8-19(9-7-18)37-24(25,26)27/h6-11,14,33H,4-5,12-13,15H2,1-3H3,(H,28,29,34). The van der Waals surface area contributed by atoms with E-state index in [0.717, 1.165) is 29.8 Å². The SMILES string of the molecule is CCN(CC)CCOC(=O)Nc1cc(Cn2c(C)c(O)n(-c3ccc(OC(F)(F)F)cc3)c2=O)ccn1. The smallest absolute Gasteiger partial charge is 0.493 e. The number of benzene rings is 1. The number of ether oxygens (including phenoxy) is 2. The molecule has 0 saturated heterocycles. The van der Waals surface area contributed by atoms with E-state index in [-0.39, 0.29) is 36.2 Å². The van der Waals surface area contributed by atoms with E-state index in [1.165, 1.54) is 29.8 Å². The van der Waals surface area contributed by atoms with Crippen LogP contribution in [0.25, 0.3) is 5.69 Å². The van der Waals surface area contributed by atoms with Gasteiger partial charge in [-0.1, -0.05) is 13.8 Å². The Kier molecular flexibility index (Phi) is 8.81. The van der Waals surface area contributed by atoms with Crippen molar-refractivity contribution in [1.29, 1.82) is 0 Å². The number of pyridine rings is 1. The largest absolute Gasteiger partial charge is 0.573 e. The maximum atomic E-state index is 13.1. The summed E-state index contributed by atoms with van der Waals surface area (Å²) < 4.78 is 48.5. The normalized spacial score (nSPS) is 11.5. The molecule has 2 heterocycles. The minimum atomic E-state index is -4.85. The van der Waals surface area contributed by atoms with E-state index in [2.05, 4.69) is 19.9 Å². The monoisotopic (exact) mass is 523 g/mol. The number of carbonyl (C=O) groups excluding carboxylic acids is 1. The number of amides is 1. The van der Waals surface area contributed by atoms with Gasteiger partial charge in [0.2, 0.25) is 5.88 Å². The third kappa shape index (κ3) is 7.26. The number of likely N-dealkylation sites (N-methyl/N-ethyl adjacent to an activating group) is 1. The molecule has 0 bridgehead atoms. The Morgan fingerprint density at radius 3 is 2.46 bits per heavy atom. The Morgan fingerprint density at radius 2 is 1.84 bits per heavy atom. The molecule has 0 atom stereocenters. The molecule has 0 aliphatic carbocycles. The number of hydrogen-bond donors (Lipinski definition) is 2. The molecule has 200 valence electrons. The second kappa shape index (κ2) is 11.8. The number of carbonyl (C=O) groups is 1. The molecule has 0 aliphatic heterocycles. The molecule has 2 aromatic heterocycles. The Morgan fingerprint density at radius 1 is 1.16 bits per heavy atom. The van der Waals surface area contributed by atoms with Gasteiger partial charge in [-0.3, -0.25) is 9.88 Å². The fraction of sp³-hybridized carbons (Fsp3) is 0.375. The highest BCUT2D eigenvalue weighted by molar-refractivity contribution is 5.83. The van der Waals surface area contributed by atoms with Crippen LogP contribution in [0.1, 0.15) is 25.1 Å². The predicted octanol–water partition coefficient (Wildman–Crippen LogP) is 3.89. The average molecular weight is 524 g/mol. The summed E-state index contributed by atoms with van der Waals surface area (Å²) in [5, 5.41) is 13.1. The number of aromatic nitrogens is 3. The van der Waals surface area contributed by atoms with Gasteiger partial charge in [-0.05, 0) is 62.0 Å². The van der Waals surface area contributed by atoms with E-state index < -0.39 is 23.9 Å². The van der Waals surface area contributed by atoms with Crippen LogP contribution < -0.4 is 15.7 Å². The van der Waals surface area contributed by atoms with E-state index in [1.54, 1.807) is 12.1 Å². The van der Waals surface area contributed by atoms with Crippen LogP contribution in [-0.2, 0) is 11.3 Å². The van der Waals surface area contributed by atoms with Crippen LogP contribution in [-0.4, -0.2) is 62.8 Å². The van der Waals surface area contributed by atoms with E-state index in [1.807, 2.05) is 13.8 Å². The third-order valence-electron chi connectivity index (χ3n) is 5.62. The molecular formula is C24H28F3N5O5. The molecule has 0 fully saturated rings. The van der Waals surface area contributed by atoms with Crippen molar-refractivity contribution in [2.75, 3.05) is 31.6 Å². The number of rotatable bonds is 10. The molecule has 2 N–H and O–H groups in total. The predicted molar refractivity (Wildman–Crippen MR) is 129 cm³/mol. The van der Waals surface area contributed by atoms with E-state index in [0.29, 0.717) is 12.1 Å². The van der Waals surface area contributed by atoms with Gasteiger partial charge in [0.15, 0.2) is 0 Å². The van der Waals surface area contributed by atoms with Gasteiger partial charge in [0, 0.05) is 12.7 Å². The van der Waals surface area contributed by atoms with Gasteiger partial charge in [0.25, 0.3) is 0 Å². The maximum Gasteiger partial charge on any atom is 0.573 e. The molecule has 1 aromatic carbocycles. The first-order valence-electron chi connectivity index (χ1n) is 11.5. The van der Waals surface area contributed by atoms with Gasteiger partial charge in [-0.15, -0.1) is 13.2 Å². The number of nitrogens with zero attached hydrogens (tertiary/aromatic N) is 4. The van der Waals surface area contributed by atoms with E-state index >= 15 is 0 Å². The Balaban J connectivity index is 1.73. The number of aromatic hydroxyl groups is 1. The first kappa shape index (κ1) is 27.6. The summed E-state index contributed by atoms with van der Waals surface area (Å²) in [7, 11) is 0. The van der Waals surface area contributed by atoms with Crippen molar-refractivity contribution in [3.05, 3.63) is 64.3 Å². The number of imidazole rings is 1. The summed E-state index contributed by atoms with van der Waals surface area (Å²) in [6, 6.07) is 7.75. The summed E-state index contributed by atoms with van der Waals surface area (Å²) in [6.45, 7) is 8.12. The lowest BCUT2D eigenvalue weighted by Gasteiger charge is -2.17. The van der Waals surface area contributed by atoms with Crippen molar-refractivity contribution in [2.24, 2.45) is 0 Å². The summed E-state index contributed by atoms with van der Waals surface area (Å²) in [6.07, 6.45) is -4.05. The van der Waals surface area contributed by atoms with Crippen LogP contribution in [0, 0.1) is 6.92 Å². The molecule has 0 saturated carbocycles. The molecule has 0 radical (unpaired) electrons. The Bertz CT molecular complexity index is 1270. The van der Waals surface area contributed by atoms with Crippen LogP contribution in [0.3, 0.4) is 0 Å². The van der Waals surface area contributed by atoms with Gasteiger partial charge >= 0.3 is 18.1 Å². The molecule has 0 spiro atoms. The molecule has 10 nitrogen and oxygen atoms in total. The van der Waals surface area contributed by atoms with Crippen LogP contribution in [0.5, 0.6) is 11.6 Å².